The van der Waals surface area contributed by atoms with Gasteiger partial charge in [0.25, 0.3) is 0 Å². The minimum atomic E-state index is -1.08. The highest BCUT2D eigenvalue weighted by atomic mass is 19.2. The lowest BCUT2D eigenvalue weighted by molar-refractivity contribution is 0.306. The van der Waals surface area contributed by atoms with Gasteiger partial charge in [0.1, 0.15) is 0 Å². The van der Waals surface area contributed by atoms with Crippen molar-refractivity contribution in [2.24, 2.45) is 5.92 Å². The van der Waals surface area contributed by atoms with Gasteiger partial charge in [-0.25, -0.2) is 17.6 Å². The van der Waals surface area contributed by atoms with Crippen molar-refractivity contribution in [1.82, 2.24) is 0 Å². The summed E-state index contributed by atoms with van der Waals surface area (Å²) < 4.78 is 58.6. The average Bonchev–Trinajstić information content (AvgIpc) is 3.08. The summed E-state index contributed by atoms with van der Waals surface area (Å²) in [5.74, 6) is -3.37. The number of allylic oxidation sites excluding steroid dienone is 2. The van der Waals surface area contributed by atoms with Gasteiger partial charge >= 0.3 is 0 Å². The van der Waals surface area contributed by atoms with Gasteiger partial charge in [-0.15, -0.1) is 0 Å². The van der Waals surface area contributed by atoms with Crippen molar-refractivity contribution in [3.05, 3.63) is 69.8 Å². The summed E-state index contributed by atoms with van der Waals surface area (Å²) in [5.41, 5.74) is 1.47. The molecule has 29 heavy (non-hydrogen) atoms. The second-order valence-corrected chi connectivity index (χ2v) is 8.52. The van der Waals surface area contributed by atoms with Crippen LogP contribution in [0.15, 0.2) is 24.3 Å². The van der Waals surface area contributed by atoms with Crippen molar-refractivity contribution in [2.45, 2.75) is 64.7 Å². The van der Waals surface area contributed by atoms with Crippen molar-refractivity contribution < 1.29 is 17.6 Å². The number of fused-ring (bicyclic) bond motifs is 3. The van der Waals surface area contributed by atoms with Crippen LogP contribution in [0.3, 0.4) is 0 Å². The van der Waals surface area contributed by atoms with Gasteiger partial charge in [0.2, 0.25) is 0 Å². The summed E-state index contributed by atoms with van der Waals surface area (Å²) in [4.78, 5) is 0. The quantitative estimate of drug-likeness (QED) is 0.309. The minimum absolute atomic E-state index is 0.0141. The fraction of sp³-hybridized carbons (Fsp3) is 0.440. The van der Waals surface area contributed by atoms with Crippen molar-refractivity contribution in [3.8, 4) is 11.1 Å². The van der Waals surface area contributed by atoms with Crippen molar-refractivity contribution in [1.29, 1.82) is 0 Å². The van der Waals surface area contributed by atoms with Crippen LogP contribution in [0.5, 0.6) is 0 Å². The van der Waals surface area contributed by atoms with E-state index in [-0.39, 0.29) is 22.6 Å². The summed E-state index contributed by atoms with van der Waals surface area (Å²) >= 11 is 0. The molecule has 0 unspecified atom stereocenters. The van der Waals surface area contributed by atoms with Crippen LogP contribution < -0.4 is 0 Å². The summed E-state index contributed by atoms with van der Waals surface area (Å²) in [7, 11) is 0. The molecule has 0 radical (unpaired) electrons. The molecule has 2 aliphatic carbocycles. The molecular formula is C25H26F4. The molecule has 0 amide bonds. The number of rotatable bonds is 4. The van der Waals surface area contributed by atoms with Gasteiger partial charge in [-0.2, -0.15) is 0 Å². The molecule has 1 saturated carbocycles. The Hall–Kier alpha value is -2.10. The molecule has 0 bridgehead atoms. The molecule has 0 nitrogen and oxygen atoms in total. The molecule has 0 aliphatic heterocycles. The molecule has 1 fully saturated rings. The fourth-order valence-corrected chi connectivity index (χ4v) is 5.10. The molecule has 4 heteroatoms. The lowest BCUT2D eigenvalue weighted by Crippen LogP contribution is -2.15. The van der Waals surface area contributed by atoms with E-state index in [4.69, 9.17) is 0 Å². The molecule has 2 aliphatic rings. The zero-order valence-corrected chi connectivity index (χ0v) is 16.9. The number of hydrogen-bond donors (Lipinski definition) is 0. The highest BCUT2D eigenvalue weighted by Crippen LogP contribution is 2.46. The molecule has 2 aromatic carbocycles. The van der Waals surface area contributed by atoms with Crippen LogP contribution >= 0.6 is 0 Å². The van der Waals surface area contributed by atoms with Gasteiger partial charge in [-0.05, 0) is 92.9 Å². The molecule has 154 valence electrons. The van der Waals surface area contributed by atoms with Crippen molar-refractivity contribution in [2.75, 3.05) is 0 Å². The molecule has 4 rings (SSSR count). The predicted octanol–water partition coefficient (Wildman–Crippen LogP) is 7.75. The lowest BCUT2D eigenvalue weighted by atomic mass is 9.76. The fourth-order valence-electron chi connectivity index (χ4n) is 5.10. The first-order valence-electron chi connectivity index (χ1n) is 10.5. The molecule has 0 N–H and O–H groups in total. The van der Waals surface area contributed by atoms with E-state index >= 15 is 4.39 Å². The lowest BCUT2D eigenvalue weighted by Gasteiger charge is -2.29. The Morgan fingerprint density at radius 1 is 0.862 bits per heavy atom. The smallest absolute Gasteiger partial charge is 0.167 e. The van der Waals surface area contributed by atoms with Gasteiger partial charge in [-0.3, -0.25) is 0 Å². The Morgan fingerprint density at radius 3 is 2.14 bits per heavy atom. The van der Waals surface area contributed by atoms with Gasteiger partial charge in [0, 0.05) is 11.1 Å². The first-order chi connectivity index (χ1) is 13.9. The van der Waals surface area contributed by atoms with E-state index in [1.54, 1.807) is 12.1 Å². The Balaban J connectivity index is 1.62. The molecule has 0 saturated heterocycles. The molecule has 0 heterocycles. The summed E-state index contributed by atoms with van der Waals surface area (Å²) in [6.07, 6.45) is 10.4. The van der Waals surface area contributed by atoms with Crippen molar-refractivity contribution in [3.63, 3.8) is 0 Å². The first-order valence-corrected chi connectivity index (χ1v) is 10.5. The van der Waals surface area contributed by atoms with Gasteiger partial charge in [-0.1, -0.05) is 24.3 Å². The van der Waals surface area contributed by atoms with E-state index in [2.05, 4.69) is 12.2 Å². The SMILES string of the molecule is C/C=C/CCC1CCC(c2cc3c(c(F)c2F)-c2c(cc(C)c(F)c2F)C3)CC1. The summed E-state index contributed by atoms with van der Waals surface area (Å²) in [5, 5.41) is 0. The Morgan fingerprint density at radius 2 is 1.48 bits per heavy atom. The largest absolute Gasteiger partial charge is 0.203 e. The van der Waals surface area contributed by atoms with Gasteiger partial charge in [0.15, 0.2) is 23.3 Å². The maximum atomic E-state index is 15.0. The Labute approximate surface area is 169 Å². The van der Waals surface area contributed by atoms with E-state index in [1.165, 1.54) is 6.92 Å². The third-order valence-corrected chi connectivity index (χ3v) is 6.68. The van der Waals surface area contributed by atoms with Crippen LogP contribution in [-0.4, -0.2) is 0 Å². The van der Waals surface area contributed by atoms with Gasteiger partial charge in [0.05, 0.1) is 0 Å². The van der Waals surface area contributed by atoms with Crippen LogP contribution in [0.4, 0.5) is 17.6 Å². The van der Waals surface area contributed by atoms with Crippen LogP contribution in [0.1, 0.15) is 73.6 Å². The first kappa shape index (κ1) is 20.2. The second kappa shape index (κ2) is 7.97. The number of halogens is 4. The third kappa shape index (κ3) is 3.51. The monoisotopic (exact) mass is 402 g/mol. The third-order valence-electron chi connectivity index (χ3n) is 6.68. The molecule has 0 spiro atoms. The zero-order chi connectivity index (χ0) is 20.7. The van der Waals surface area contributed by atoms with Crippen LogP contribution in [0, 0.1) is 36.1 Å². The Kier molecular flexibility index (Phi) is 5.54. The number of benzene rings is 2. The number of aryl methyl sites for hydroxylation is 1. The van der Waals surface area contributed by atoms with Crippen LogP contribution in [0.25, 0.3) is 11.1 Å². The van der Waals surface area contributed by atoms with E-state index in [0.717, 1.165) is 38.5 Å². The topological polar surface area (TPSA) is 0 Å². The van der Waals surface area contributed by atoms with Crippen LogP contribution in [0.2, 0.25) is 0 Å². The molecule has 0 aromatic heterocycles. The highest BCUT2D eigenvalue weighted by Gasteiger charge is 2.33. The van der Waals surface area contributed by atoms with Gasteiger partial charge < -0.3 is 0 Å². The van der Waals surface area contributed by atoms with E-state index in [9.17, 15) is 13.2 Å². The zero-order valence-electron chi connectivity index (χ0n) is 16.9. The van der Waals surface area contributed by atoms with Crippen molar-refractivity contribution >= 4 is 0 Å². The normalized spacial score (nSPS) is 20.9. The maximum absolute atomic E-state index is 15.0. The summed E-state index contributed by atoms with van der Waals surface area (Å²) in [6, 6.07) is 3.24. The number of hydrogen-bond acceptors (Lipinski definition) is 0. The average molecular weight is 402 g/mol. The molecule has 0 atom stereocenters. The molecule has 2 aromatic rings. The highest BCUT2D eigenvalue weighted by molar-refractivity contribution is 5.79. The minimum Gasteiger partial charge on any atom is -0.203 e. The van der Waals surface area contributed by atoms with E-state index < -0.39 is 23.3 Å². The van der Waals surface area contributed by atoms with E-state index in [0.29, 0.717) is 29.0 Å². The standard InChI is InChI=1S/C25H26F4/c1-3-4-5-6-15-7-9-16(10-8-15)19-13-18-12-17-11-14(2)22(26)24(28)20(17)21(18)25(29)23(19)27/h3-4,11,13,15-16H,5-10,12H2,1-2H3/b4-3+. The molecular weight excluding hydrogens is 376 g/mol. The second-order valence-electron chi connectivity index (χ2n) is 8.52. The maximum Gasteiger partial charge on any atom is 0.167 e. The Bertz CT molecular complexity index is 966. The summed E-state index contributed by atoms with van der Waals surface area (Å²) in [6.45, 7) is 3.50. The van der Waals surface area contributed by atoms with Crippen LogP contribution in [-0.2, 0) is 6.42 Å². The van der Waals surface area contributed by atoms with E-state index in [1.807, 2.05) is 6.92 Å². The predicted molar refractivity (Wildman–Crippen MR) is 108 cm³/mol.